The fourth-order valence-electron chi connectivity index (χ4n) is 1.92. The van der Waals surface area contributed by atoms with Crippen molar-refractivity contribution in [2.24, 2.45) is 0 Å². The fraction of sp³-hybridized carbons (Fsp3) is 0.333. The average molecular weight is 241 g/mol. The van der Waals surface area contributed by atoms with Crippen LogP contribution in [0.3, 0.4) is 0 Å². The monoisotopic (exact) mass is 241 g/mol. The second kappa shape index (κ2) is 6.26. The molecule has 2 rings (SSSR count). The van der Waals surface area contributed by atoms with Crippen molar-refractivity contribution in [2.75, 3.05) is 13.6 Å². The first-order chi connectivity index (χ1) is 8.75. The minimum Gasteiger partial charge on any atom is -0.302 e. The second-order valence-corrected chi connectivity index (χ2v) is 4.59. The van der Waals surface area contributed by atoms with Crippen LogP contribution in [-0.2, 0) is 13.0 Å². The molecule has 0 N–H and O–H groups in total. The minimum atomic E-state index is 0.949. The Hall–Kier alpha value is -1.74. The zero-order valence-corrected chi connectivity index (χ0v) is 11.0. The molecule has 3 heteroatoms. The predicted octanol–water partition coefficient (Wildman–Crippen LogP) is 2.46. The van der Waals surface area contributed by atoms with E-state index in [1.807, 2.05) is 24.7 Å². The van der Waals surface area contributed by atoms with Crippen LogP contribution in [0.25, 0.3) is 0 Å². The van der Waals surface area contributed by atoms with Crippen LogP contribution >= 0.6 is 0 Å². The van der Waals surface area contributed by atoms with Gasteiger partial charge in [0.05, 0.1) is 0 Å². The Morgan fingerprint density at radius 2 is 1.89 bits per heavy atom. The molecule has 0 amide bonds. The summed E-state index contributed by atoms with van der Waals surface area (Å²) >= 11 is 0. The van der Waals surface area contributed by atoms with Gasteiger partial charge in [-0.15, -0.1) is 0 Å². The molecule has 0 unspecified atom stereocenters. The molecule has 2 heterocycles. The van der Waals surface area contributed by atoms with E-state index in [1.54, 1.807) is 0 Å². The van der Waals surface area contributed by atoms with Crippen LogP contribution in [0.15, 0.2) is 42.9 Å². The molecule has 3 nitrogen and oxygen atoms in total. The summed E-state index contributed by atoms with van der Waals surface area (Å²) in [6.07, 6.45) is 6.59. The first kappa shape index (κ1) is 12.7. The van der Waals surface area contributed by atoms with E-state index in [-0.39, 0.29) is 0 Å². The Kier molecular flexibility index (Phi) is 4.42. The van der Waals surface area contributed by atoms with Crippen molar-refractivity contribution in [3.63, 3.8) is 0 Å². The third kappa shape index (κ3) is 3.64. The maximum absolute atomic E-state index is 4.32. The molecule has 94 valence electrons. The number of pyridine rings is 2. The summed E-state index contributed by atoms with van der Waals surface area (Å²) in [6.45, 7) is 4.05. The summed E-state index contributed by atoms with van der Waals surface area (Å²) in [7, 11) is 2.15. The summed E-state index contributed by atoms with van der Waals surface area (Å²) in [4.78, 5) is 10.7. The number of aromatic nitrogens is 2. The molecule has 0 spiro atoms. The van der Waals surface area contributed by atoms with Crippen molar-refractivity contribution >= 4 is 0 Å². The van der Waals surface area contributed by atoms with E-state index in [4.69, 9.17) is 0 Å². The summed E-state index contributed by atoms with van der Waals surface area (Å²) in [5, 5.41) is 0. The van der Waals surface area contributed by atoms with Crippen molar-refractivity contribution < 1.29 is 0 Å². The molecule has 2 aromatic heterocycles. The van der Waals surface area contributed by atoms with Crippen molar-refractivity contribution in [2.45, 2.75) is 19.9 Å². The van der Waals surface area contributed by atoms with Gasteiger partial charge in [-0.25, -0.2) is 0 Å². The van der Waals surface area contributed by atoms with E-state index in [2.05, 4.69) is 47.0 Å². The van der Waals surface area contributed by atoms with Gasteiger partial charge >= 0.3 is 0 Å². The second-order valence-electron chi connectivity index (χ2n) is 4.59. The molecule has 0 fully saturated rings. The van der Waals surface area contributed by atoms with Crippen molar-refractivity contribution in [1.82, 2.24) is 14.9 Å². The molecule has 0 saturated carbocycles. The minimum absolute atomic E-state index is 0.949. The highest BCUT2D eigenvalue weighted by Crippen LogP contribution is 2.07. The zero-order valence-electron chi connectivity index (χ0n) is 11.0. The van der Waals surface area contributed by atoms with Crippen LogP contribution in [0.2, 0.25) is 0 Å². The van der Waals surface area contributed by atoms with Gasteiger partial charge in [-0.1, -0.05) is 6.07 Å². The van der Waals surface area contributed by atoms with Gasteiger partial charge in [0.15, 0.2) is 0 Å². The first-order valence-electron chi connectivity index (χ1n) is 6.23. The Balaban J connectivity index is 1.86. The summed E-state index contributed by atoms with van der Waals surface area (Å²) in [6, 6.07) is 8.29. The van der Waals surface area contributed by atoms with Gasteiger partial charge in [0.2, 0.25) is 0 Å². The van der Waals surface area contributed by atoms with Gasteiger partial charge in [-0.2, -0.15) is 0 Å². The molecule has 0 aliphatic rings. The van der Waals surface area contributed by atoms with Crippen LogP contribution in [0.5, 0.6) is 0 Å². The number of aryl methyl sites for hydroxylation is 1. The Bertz CT molecular complexity index is 482. The summed E-state index contributed by atoms with van der Waals surface area (Å²) < 4.78 is 0. The molecule has 18 heavy (non-hydrogen) atoms. The van der Waals surface area contributed by atoms with Crippen molar-refractivity contribution in [3.8, 4) is 0 Å². The van der Waals surface area contributed by atoms with E-state index < -0.39 is 0 Å². The average Bonchev–Trinajstić information content (AvgIpc) is 2.40. The number of nitrogens with zero attached hydrogens (tertiary/aromatic N) is 3. The van der Waals surface area contributed by atoms with Crippen LogP contribution < -0.4 is 0 Å². The Morgan fingerprint density at radius 1 is 1.11 bits per heavy atom. The molecule has 0 aromatic carbocycles. The quantitative estimate of drug-likeness (QED) is 0.805. The van der Waals surface area contributed by atoms with Gasteiger partial charge in [0, 0.05) is 37.4 Å². The lowest BCUT2D eigenvalue weighted by Gasteiger charge is -2.17. The van der Waals surface area contributed by atoms with E-state index in [0.717, 1.165) is 25.2 Å². The van der Waals surface area contributed by atoms with E-state index in [0.29, 0.717) is 0 Å². The summed E-state index contributed by atoms with van der Waals surface area (Å²) in [5.74, 6) is 0. The molecule has 0 aliphatic carbocycles. The number of hydrogen-bond donors (Lipinski definition) is 0. The lowest BCUT2D eigenvalue weighted by atomic mass is 10.1. The zero-order chi connectivity index (χ0) is 12.8. The molecule has 0 bridgehead atoms. The number of rotatable bonds is 5. The Labute approximate surface area is 109 Å². The standard InChI is InChI=1S/C15H19N3/c1-13-15(4-3-8-17-13)12-18(2)11-7-14-5-9-16-10-6-14/h3-6,8-10H,7,11-12H2,1-2H3. The normalized spacial score (nSPS) is 10.8. The lowest BCUT2D eigenvalue weighted by molar-refractivity contribution is 0.330. The van der Waals surface area contributed by atoms with Crippen LogP contribution in [0.4, 0.5) is 0 Å². The lowest BCUT2D eigenvalue weighted by Crippen LogP contribution is -2.21. The van der Waals surface area contributed by atoms with Crippen molar-refractivity contribution in [1.29, 1.82) is 0 Å². The van der Waals surface area contributed by atoms with Gasteiger partial charge in [0.25, 0.3) is 0 Å². The highest BCUT2D eigenvalue weighted by molar-refractivity contribution is 5.18. The molecule has 0 atom stereocenters. The number of likely N-dealkylation sites (N-methyl/N-ethyl adjacent to an activating group) is 1. The third-order valence-electron chi connectivity index (χ3n) is 3.09. The molecule has 0 saturated heterocycles. The van der Waals surface area contributed by atoms with E-state index in [9.17, 15) is 0 Å². The van der Waals surface area contributed by atoms with Crippen molar-refractivity contribution in [3.05, 3.63) is 59.7 Å². The molecule has 0 radical (unpaired) electrons. The molecule has 2 aromatic rings. The van der Waals surface area contributed by atoms with E-state index >= 15 is 0 Å². The SMILES string of the molecule is Cc1ncccc1CN(C)CCc1ccncc1. The van der Waals surface area contributed by atoms with Crippen LogP contribution in [0, 0.1) is 6.92 Å². The molecular weight excluding hydrogens is 222 g/mol. The van der Waals surface area contributed by atoms with E-state index in [1.165, 1.54) is 11.1 Å². The molecular formula is C15H19N3. The maximum Gasteiger partial charge on any atom is 0.0417 e. The predicted molar refractivity (Wildman–Crippen MR) is 73.2 cm³/mol. The smallest absolute Gasteiger partial charge is 0.0417 e. The van der Waals surface area contributed by atoms with Gasteiger partial charge in [0.1, 0.15) is 0 Å². The van der Waals surface area contributed by atoms with Gasteiger partial charge in [-0.05, 0) is 49.7 Å². The molecule has 0 aliphatic heterocycles. The highest BCUT2D eigenvalue weighted by Gasteiger charge is 2.03. The van der Waals surface area contributed by atoms with Gasteiger partial charge in [-0.3, -0.25) is 9.97 Å². The summed E-state index contributed by atoms with van der Waals surface area (Å²) in [5.41, 5.74) is 3.75. The highest BCUT2D eigenvalue weighted by atomic mass is 15.1. The van der Waals surface area contributed by atoms with Crippen LogP contribution in [-0.4, -0.2) is 28.5 Å². The topological polar surface area (TPSA) is 29.0 Å². The third-order valence-corrected chi connectivity index (χ3v) is 3.09. The first-order valence-corrected chi connectivity index (χ1v) is 6.23. The maximum atomic E-state index is 4.32. The van der Waals surface area contributed by atoms with Gasteiger partial charge < -0.3 is 4.90 Å². The number of hydrogen-bond acceptors (Lipinski definition) is 3. The fourth-order valence-corrected chi connectivity index (χ4v) is 1.92. The largest absolute Gasteiger partial charge is 0.302 e. The van der Waals surface area contributed by atoms with Crippen LogP contribution in [0.1, 0.15) is 16.8 Å². The Morgan fingerprint density at radius 3 is 2.61 bits per heavy atom.